The van der Waals surface area contributed by atoms with Crippen LogP contribution in [0.5, 0.6) is 0 Å². The lowest BCUT2D eigenvalue weighted by Crippen LogP contribution is -3.00. The fourth-order valence-corrected chi connectivity index (χ4v) is 1.47. The van der Waals surface area contributed by atoms with Gasteiger partial charge in [-0.1, -0.05) is 47.5 Å². The van der Waals surface area contributed by atoms with Gasteiger partial charge in [0.2, 0.25) is 0 Å². The molecule has 0 aromatic rings. The highest BCUT2D eigenvalue weighted by atomic mass is 79.9. The molecule has 0 spiro atoms. The molecule has 2 nitrogen and oxygen atoms in total. The van der Waals surface area contributed by atoms with Crippen molar-refractivity contribution in [3.8, 4) is 0 Å². The summed E-state index contributed by atoms with van der Waals surface area (Å²) in [5, 5.41) is 0. The molecular weight excluding hydrogens is 344 g/mol. The first kappa shape index (κ1) is 26.4. The molecule has 0 aromatic heterocycles. The van der Waals surface area contributed by atoms with Gasteiger partial charge in [-0.25, -0.2) is 0 Å². The van der Waals surface area contributed by atoms with Gasteiger partial charge in [0.15, 0.2) is 0 Å². The Hall–Kier alpha value is 0.880. The standard InChI is InChI=1S/C13H29N.2BrH.H3N/c1-12(2,3)13(4,5)10-8-6-7-9-11-14;;;/h6-11,14H2,1-5H3;2*1H;1H3. The largest absolute Gasteiger partial charge is 1.00 e. The van der Waals surface area contributed by atoms with E-state index in [2.05, 4.69) is 40.4 Å². The van der Waals surface area contributed by atoms with E-state index in [1.165, 1.54) is 32.1 Å². The average Bonchev–Trinajstić information content (AvgIpc) is 2.02. The molecule has 7 N–H and O–H groups in total. The molecule has 0 aliphatic carbocycles. The predicted molar refractivity (Wildman–Crippen MR) is 70.1 cm³/mol. The highest BCUT2D eigenvalue weighted by Crippen LogP contribution is 2.41. The van der Waals surface area contributed by atoms with Gasteiger partial charge in [0.25, 0.3) is 0 Å². The molecule has 0 aliphatic rings. The molecule has 0 atom stereocenters. The average molecular weight is 378 g/mol. The van der Waals surface area contributed by atoms with Gasteiger partial charge in [-0.05, 0) is 30.1 Å². The van der Waals surface area contributed by atoms with Crippen molar-refractivity contribution < 1.29 is 39.7 Å². The van der Waals surface area contributed by atoms with E-state index in [1.54, 1.807) is 0 Å². The fourth-order valence-electron chi connectivity index (χ4n) is 1.47. The van der Waals surface area contributed by atoms with E-state index >= 15 is 0 Å². The number of rotatable bonds is 6. The number of halogens is 2. The molecule has 0 saturated carbocycles. The molecule has 0 aliphatic heterocycles. The van der Waals surface area contributed by atoms with Crippen LogP contribution in [0, 0.1) is 10.8 Å². The van der Waals surface area contributed by atoms with Crippen molar-refractivity contribution in [1.82, 2.24) is 6.15 Å². The molecule has 110 valence electrons. The van der Waals surface area contributed by atoms with Gasteiger partial charge in [-0.3, -0.25) is 0 Å². The summed E-state index contributed by atoms with van der Waals surface area (Å²) in [7, 11) is 0. The number of unbranched alkanes of at least 4 members (excludes halogenated alkanes) is 3. The van der Waals surface area contributed by atoms with Crippen LogP contribution in [-0.4, -0.2) is 6.54 Å². The Balaban J connectivity index is -0.000000282. The van der Waals surface area contributed by atoms with Crippen LogP contribution in [0.25, 0.3) is 0 Å². The molecule has 0 unspecified atom stereocenters. The normalized spacial score (nSPS) is 10.9. The third-order valence-electron chi connectivity index (χ3n) is 3.83. The maximum Gasteiger partial charge on any atom is 0.0739 e. The van der Waals surface area contributed by atoms with Crippen molar-refractivity contribution in [3.63, 3.8) is 0 Å². The maximum atomic E-state index is 3.87. The summed E-state index contributed by atoms with van der Waals surface area (Å²) >= 11 is 0. The van der Waals surface area contributed by atoms with Crippen LogP contribution in [0.4, 0.5) is 0 Å². The fraction of sp³-hybridized carbons (Fsp3) is 1.00. The van der Waals surface area contributed by atoms with Crippen LogP contribution in [0.15, 0.2) is 0 Å². The van der Waals surface area contributed by atoms with Crippen LogP contribution < -0.4 is 45.8 Å². The molecule has 0 fully saturated rings. The van der Waals surface area contributed by atoms with Crippen LogP contribution in [0.3, 0.4) is 0 Å². The molecule has 0 saturated heterocycles. The second-order valence-corrected chi connectivity index (χ2v) is 6.15. The van der Waals surface area contributed by atoms with Gasteiger partial charge in [0, 0.05) is 0 Å². The SMILES string of the molecule is CC(C)(C)C(C)(C)CCCCCC[NH3+].[Br-].[Br-].[NH4+]. The quantitative estimate of drug-likeness (QED) is 0.486. The molecule has 0 amide bonds. The molecule has 0 bridgehead atoms. The summed E-state index contributed by atoms with van der Waals surface area (Å²) in [5.74, 6) is 0. The van der Waals surface area contributed by atoms with E-state index in [1.807, 2.05) is 0 Å². The minimum Gasteiger partial charge on any atom is -1.00 e. The summed E-state index contributed by atoms with van der Waals surface area (Å²) in [5.41, 5.74) is 4.77. The lowest BCUT2D eigenvalue weighted by molar-refractivity contribution is -0.368. The molecule has 17 heavy (non-hydrogen) atoms. The topological polar surface area (TPSA) is 64.1 Å². The zero-order valence-electron chi connectivity index (χ0n) is 12.7. The molecule has 0 heterocycles. The van der Waals surface area contributed by atoms with Gasteiger partial charge < -0.3 is 45.8 Å². The first-order valence-corrected chi connectivity index (χ1v) is 6.10. The Kier molecular flexibility index (Phi) is 18.6. The smallest absolute Gasteiger partial charge is 0.0739 e. The van der Waals surface area contributed by atoms with Crippen molar-refractivity contribution in [2.75, 3.05) is 6.54 Å². The van der Waals surface area contributed by atoms with Crippen LogP contribution in [0.2, 0.25) is 0 Å². The Morgan fingerprint density at radius 3 is 1.53 bits per heavy atom. The molecule has 4 heteroatoms. The van der Waals surface area contributed by atoms with Gasteiger partial charge in [0.1, 0.15) is 0 Å². The zero-order valence-corrected chi connectivity index (χ0v) is 15.9. The number of hydrogen-bond donors (Lipinski definition) is 2. The van der Waals surface area contributed by atoms with E-state index in [-0.39, 0.29) is 40.1 Å². The van der Waals surface area contributed by atoms with Gasteiger partial charge >= 0.3 is 0 Å². The van der Waals surface area contributed by atoms with Gasteiger partial charge in [0.05, 0.1) is 6.54 Å². The van der Waals surface area contributed by atoms with E-state index in [4.69, 9.17) is 0 Å². The second-order valence-electron chi connectivity index (χ2n) is 6.15. The van der Waals surface area contributed by atoms with Crippen LogP contribution in [-0.2, 0) is 0 Å². The van der Waals surface area contributed by atoms with Crippen molar-refractivity contribution in [1.29, 1.82) is 0 Å². The monoisotopic (exact) mass is 376 g/mol. The third kappa shape index (κ3) is 11.7. The van der Waals surface area contributed by atoms with Gasteiger partial charge in [-0.2, -0.15) is 0 Å². The third-order valence-corrected chi connectivity index (χ3v) is 3.83. The lowest BCUT2D eigenvalue weighted by atomic mass is 9.67. The van der Waals surface area contributed by atoms with E-state index in [0.717, 1.165) is 6.54 Å². The summed E-state index contributed by atoms with van der Waals surface area (Å²) in [4.78, 5) is 0. The van der Waals surface area contributed by atoms with E-state index in [9.17, 15) is 0 Å². The Morgan fingerprint density at radius 1 is 0.765 bits per heavy atom. The molecule has 0 aromatic carbocycles. The Bertz CT molecular complexity index is 154. The van der Waals surface area contributed by atoms with Crippen LogP contribution >= 0.6 is 0 Å². The first-order valence-electron chi connectivity index (χ1n) is 6.10. The number of quaternary nitrogens is 2. The first-order chi connectivity index (χ1) is 6.31. The second kappa shape index (κ2) is 11.9. The van der Waals surface area contributed by atoms with Crippen molar-refractivity contribution in [2.24, 2.45) is 10.8 Å². The highest BCUT2D eigenvalue weighted by Gasteiger charge is 2.31. The van der Waals surface area contributed by atoms with Crippen molar-refractivity contribution >= 4 is 0 Å². The lowest BCUT2D eigenvalue weighted by Gasteiger charge is -2.39. The van der Waals surface area contributed by atoms with Crippen molar-refractivity contribution in [3.05, 3.63) is 0 Å². The number of hydrogen-bond acceptors (Lipinski definition) is 0. The molecular formula is C13H34Br2N2. The summed E-state index contributed by atoms with van der Waals surface area (Å²) in [6.45, 7) is 12.9. The zero-order chi connectivity index (χ0) is 11.2. The summed E-state index contributed by atoms with van der Waals surface area (Å²) in [6, 6.07) is 0. The molecule has 0 radical (unpaired) electrons. The van der Waals surface area contributed by atoms with Crippen LogP contribution in [0.1, 0.15) is 66.7 Å². The summed E-state index contributed by atoms with van der Waals surface area (Å²) < 4.78 is 0. The Labute approximate surface area is 130 Å². The highest BCUT2D eigenvalue weighted by molar-refractivity contribution is 4.81. The predicted octanol–water partition coefficient (Wildman–Crippen LogP) is -2.36. The maximum absolute atomic E-state index is 3.87. The van der Waals surface area contributed by atoms with E-state index < -0.39 is 0 Å². The van der Waals surface area contributed by atoms with Crippen molar-refractivity contribution in [2.45, 2.75) is 66.7 Å². The van der Waals surface area contributed by atoms with Gasteiger partial charge in [-0.15, -0.1) is 0 Å². The summed E-state index contributed by atoms with van der Waals surface area (Å²) in [6.07, 6.45) is 6.78. The minimum atomic E-state index is 0. The van der Waals surface area contributed by atoms with E-state index in [0.29, 0.717) is 10.8 Å². The molecule has 0 rings (SSSR count). The minimum absolute atomic E-state index is 0. The Morgan fingerprint density at radius 2 is 1.18 bits per heavy atom.